The highest BCUT2D eigenvalue weighted by molar-refractivity contribution is 6.06. The molecule has 2 heterocycles. The van der Waals surface area contributed by atoms with Gasteiger partial charge in [0, 0.05) is 13.1 Å². The van der Waals surface area contributed by atoms with Crippen LogP contribution in [0.15, 0.2) is 42.6 Å². The number of nitrogens with zero attached hydrogens (tertiary/aromatic N) is 2. The molecule has 114 valence electrons. The minimum absolute atomic E-state index is 0.0436. The van der Waals surface area contributed by atoms with E-state index in [4.69, 9.17) is 4.74 Å². The monoisotopic (exact) mass is 299 g/mol. The van der Waals surface area contributed by atoms with Gasteiger partial charge in [-0.3, -0.25) is 4.79 Å². The van der Waals surface area contributed by atoms with Crippen molar-refractivity contribution in [3.63, 3.8) is 0 Å². The third-order valence-electron chi connectivity index (χ3n) is 3.49. The van der Waals surface area contributed by atoms with Gasteiger partial charge in [0.1, 0.15) is 11.6 Å². The van der Waals surface area contributed by atoms with E-state index in [-0.39, 0.29) is 17.2 Å². The highest BCUT2D eigenvalue weighted by Crippen LogP contribution is 2.19. The van der Waals surface area contributed by atoms with E-state index in [9.17, 15) is 9.90 Å². The van der Waals surface area contributed by atoms with Crippen LogP contribution in [0.25, 0.3) is 0 Å². The molecule has 0 saturated carbocycles. The molecule has 6 heteroatoms. The number of benzene rings is 1. The minimum atomic E-state index is -0.362. The van der Waals surface area contributed by atoms with Crippen molar-refractivity contribution in [2.24, 2.45) is 0 Å². The van der Waals surface area contributed by atoms with E-state index in [0.717, 1.165) is 18.9 Å². The van der Waals surface area contributed by atoms with Crippen molar-refractivity contribution in [2.75, 3.05) is 36.5 Å². The molecule has 1 aromatic carbocycles. The fourth-order valence-corrected chi connectivity index (χ4v) is 2.30. The second kappa shape index (κ2) is 6.44. The van der Waals surface area contributed by atoms with Gasteiger partial charge in [0.2, 0.25) is 0 Å². The Morgan fingerprint density at radius 2 is 1.95 bits per heavy atom. The van der Waals surface area contributed by atoms with Gasteiger partial charge in [-0.25, -0.2) is 4.98 Å². The molecule has 2 aromatic rings. The van der Waals surface area contributed by atoms with Gasteiger partial charge in [0.15, 0.2) is 0 Å². The summed E-state index contributed by atoms with van der Waals surface area (Å²) >= 11 is 0. The fraction of sp³-hybridized carbons (Fsp3) is 0.250. The van der Waals surface area contributed by atoms with Gasteiger partial charge in [-0.2, -0.15) is 0 Å². The molecular weight excluding hydrogens is 282 g/mol. The van der Waals surface area contributed by atoms with Crippen molar-refractivity contribution in [2.45, 2.75) is 0 Å². The zero-order valence-corrected chi connectivity index (χ0v) is 12.0. The number of carbonyl (C=O) groups excluding carboxylic acids is 1. The number of phenolic OH excluding ortho intramolecular Hbond substituents is 1. The molecule has 1 aromatic heterocycles. The summed E-state index contributed by atoms with van der Waals surface area (Å²) in [6.45, 7) is 3.04. The quantitative estimate of drug-likeness (QED) is 0.905. The predicted molar refractivity (Wildman–Crippen MR) is 83.3 cm³/mol. The highest BCUT2D eigenvalue weighted by atomic mass is 16.5. The van der Waals surface area contributed by atoms with Gasteiger partial charge < -0.3 is 20.1 Å². The first-order chi connectivity index (χ1) is 10.7. The molecule has 1 amide bonds. The molecule has 1 saturated heterocycles. The van der Waals surface area contributed by atoms with Crippen LogP contribution in [0.2, 0.25) is 0 Å². The van der Waals surface area contributed by atoms with Gasteiger partial charge in [0.05, 0.1) is 30.7 Å². The Morgan fingerprint density at radius 3 is 2.64 bits per heavy atom. The average Bonchev–Trinajstić information content (AvgIpc) is 2.57. The summed E-state index contributed by atoms with van der Waals surface area (Å²) in [5.74, 6) is 0.459. The maximum Gasteiger partial charge on any atom is 0.259 e. The smallest absolute Gasteiger partial charge is 0.259 e. The van der Waals surface area contributed by atoms with Crippen molar-refractivity contribution in [1.29, 1.82) is 0 Å². The summed E-state index contributed by atoms with van der Waals surface area (Å²) in [7, 11) is 0. The van der Waals surface area contributed by atoms with E-state index in [2.05, 4.69) is 15.2 Å². The van der Waals surface area contributed by atoms with Gasteiger partial charge in [0.25, 0.3) is 5.91 Å². The second-order valence-corrected chi connectivity index (χ2v) is 4.98. The van der Waals surface area contributed by atoms with Crippen LogP contribution in [0.1, 0.15) is 10.4 Å². The maximum absolute atomic E-state index is 12.1. The molecule has 0 atom stereocenters. The lowest BCUT2D eigenvalue weighted by atomic mass is 10.2. The molecule has 1 aliphatic heterocycles. The molecular formula is C16H17N3O3. The third kappa shape index (κ3) is 3.17. The first kappa shape index (κ1) is 14.3. The van der Waals surface area contributed by atoms with Crippen LogP contribution in [0.4, 0.5) is 11.5 Å². The van der Waals surface area contributed by atoms with Crippen molar-refractivity contribution in [3.05, 3.63) is 48.2 Å². The number of hydrogen-bond donors (Lipinski definition) is 2. The van der Waals surface area contributed by atoms with Crippen LogP contribution in [-0.2, 0) is 4.74 Å². The number of carbonyl (C=O) groups is 1. The van der Waals surface area contributed by atoms with E-state index in [1.54, 1.807) is 30.5 Å². The normalized spacial score (nSPS) is 14.6. The van der Waals surface area contributed by atoms with Crippen LogP contribution < -0.4 is 10.2 Å². The van der Waals surface area contributed by atoms with E-state index in [1.807, 2.05) is 6.07 Å². The van der Waals surface area contributed by atoms with E-state index >= 15 is 0 Å². The molecule has 1 fully saturated rings. The minimum Gasteiger partial charge on any atom is -0.507 e. The Labute approximate surface area is 128 Å². The van der Waals surface area contributed by atoms with Crippen molar-refractivity contribution >= 4 is 17.4 Å². The number of aromatic hydroxyl groups is 1. The topological polar surface area (TPSA) is 74.7 Å². The zero-order chi connectivity index (χ0) is 15.4. The molecule has 0 aliphatic carbocycles. The average molecular weight is 299 g/mol. The molecule has 1 aliphatic rings. The number of aromatic nitrogens is 1. The third-order valence-corrected chi connectivity index (χ3v) is 3.49. The van der Waals surface area contributed by atoms with Gasteiger partial charge in [-0.15, -0.1) is 0 Å². The number of ether oxygens (including phenoxy) is 1. The van der Waals surface area contributed by atoms with Crippen LogP contribution in [0.3, 0.4) is 0 Å². The maximum atomic E-state index is 12.1. The molecule has 0 bridgehead atoms. The number of amides is 1. The largest absolute Gasteiger partial charge is 0.507 e. The number of nitrogens with one attached hydrogen (secondary N) is 1. The summed E-state index contributed by atoms with van der Waals surface area (Å²) < 4.78 is 5.31. The molecule has 6 nitrogen and oxygen atoms in total. The summed E-state index contributed by atoms with van der Waals surface area (Å²) in [6, 6.07) is 10.1. The first-order valence-corrected chi connectivity index (χ1v) is 7.12. The van der Waals surface area contributed by atoms with Crippen LogP contribution in [0, 0.1) is 0 Å². The van der Waals surface area contributed by atoms with E-state index < -0.39 is 0 Å². The van der Waals surface area contributed by atoms with Crippen LogP contribution in [-0.4, -0.2) is 42.3 Å². The predicted octanol–water partition coefficient (Wildman–Crippen LogP) is 1.88. The Morgan fingerprint density at radius 1 is 1.18 bits per heavy atom. The molecule has 0 unspecified atom stereocenters. The standard InChI is InChI=1S/C16H17N3O3/c20-14-4-2-1-3-13(14)16(21)18-12-5-6-15(17-11-12)19-7-9-22-10-8-19/h1-6,11,20H,7-10H2,(H,18,21). The van der Waals surface area contributed by atoms with Crippen molar-refractivity contribution in [3.8, 4) is 5.75 Å². The summed E-state index contributed by atoms with van der Waals surface area (Å²) in [6.07, 6.45) is 1.61. The molecule has 2 N–H and O–H groups in total. The summed E-state index contributed by atoms with van der Waals surface area (Å²) in [5.41, 5.74) is 0.824. The SMILES string of the molecule is O=C(Nc1ccc(N2CCOCC2)nc1)c1ccccc1O. The number of hydrogen-bond acceptors (Lipinski definition) is 5. The number of morpholine rings is 1. The van der Waals surface area contributed by atoms with Crippen LogP contribution in [0.5, 0.6) is 5.75 Å². The molecule has 22 heavy (non-hydrogen) atoms. The van der Waals surface area contributed by atoms with Gasteiger partial charge >= 0.3 is 0 Å². The molecule has 0 radical (unpaired) electrons. The van der Waals surface area contributed by atoms with Gasteiger partial charge in [-0.05, 0) is 24.3 Å². The number of anilines is 2. The Balaban J connectivity index is 1.68. The fourth-order valence-electron chi connectivity index (χ4n) is 2.30. The van der Waals surface area contributed by atoms with E-state index in [0.29, 0.717) is 18.9 Å². The lowest BCUT2D eigenvalue weighted by Gasteiger charge is -2.27. The number of phenols is 1. The van der Waals surface area contributed by atoms with Crippen LogP contribution >= 0.6 is 0 Å². The second-order valence-electron chi connectivity index (χ2n) is 4.98. The van der Waals surface area contributed by atoms with Crippen molar-refractivity contribution < 1.29 is 14.6 Å². The Bertz CT molecular complexity index is 652. The summed E-state index contributed by atoms with van der Waals surface area (Å²) in [5, 5.41) is 12.4. The summed E-state index contributed by atoms with van der Waals surface area (Å²) in [4.78, 5) is 18.6. The molecule has 3 rings (SSSR count). The number of pyridine rings is 1. The zero-order valence-electron chi connectivity index (χ0n) is 12.0. The number of rotatable bonds is 3. The Hall–Kier alpha value is -2.60. The van der Waals surface area contributed by atoms with E-state index in [1.165, 1.54) is 6.07 Å². The van der Waals surface area contributed by atoms with Crippen molar-refractivity contribution in [1.82, 2.24) is 4.98 Å². The lowest BCUT2D eigenvalue weighted by molar-refractivity contribution is 0.102. The highest BCUT2D eigenvalue weighted by Gasteiger charge is 2.13. The lowest BCUT2D eigenvalue weighted by Crippen LogP contribution is -2.36. The molecule has 0 spiro atoms. The number of para-hydroxylation sites is 1. The van der Waals surface area contributed by atoms with Gasteiger partial charge in [-0.1, -0.05) is 12.1 Å². The Kier molecular flexibility index (Phi) is 4.20. The first-order valence-electron chi connectivity index (χ1n) is 7.12.